The lowest BCUT2D eigenvalue weighted by Gasteiger charge is -2.07. The van der Waals surface area contributed by atoms with Crippen LogP contribution >= 0.6 is 0 Å². The lowest BCUT2D eigenvalue weighted by molar-refractivity contribution is 0.0532. The summed E-state index contributed by atoms with van der Waals surface area (Å²) < 4.78 is 39.7. The van der Waals surface area contributed by atoms with Gasteiger partial charge in [0, 0.05) is 35.9 Å². The second-order valence-electron chi connectivity index (χ2n) is 6.29. The Morgan fingerprint density at radius 3 is 2.72 bits per heavy atom. The van der Waals surface area contributed by atoms with Crippen LogP contribution < -0.4 is 5.48 Å². The predicted octanol–water partition coefficient (Wildman–Crippen LogP) is 2.82. The number of hydrogen-bond donors (Lipinski definition) is 1. The zero-order chi connectivity index (χ0) is 20.8. The third kappa shape index (κ3) is 4.94. The van der Waals surface area contributed by atoms with Crippen LogP contribution in [-0.2, 0) is 27.5 Å². The van der Waals surface area contributed by atoms with Crippen molar-refractivity contribution in [1.29, 1.82) is 0 Å². The van der Waals surface area contributed by atoms with Gasteiger partial charge in [-0.25, -0.2) is 19.2 Å². The van der Waals surface area contributed by atoms with Crippen LogP contribution in [0.25, 0.3) is 10.9 Å². The molecule has 3 aromatic rings. The molecule has 7 nitrogen and oxygen atoms in total. The Labute approximate surface area is 166 Å². The Morgan fingerprint density at radius 1 is 1.17 bits per heavy atom. The van der Waals surface area contributed by atoms with Crippen molar-refractivity contribution in [2.45, 2.75) is 13.2 Å². The fourth-order valence-corrected chi connectivity index (χ4v) is 2.93. The van der Waals surface area contributed by atoms with E-state index in [9.17, 15) is 13.6 Å². The van der Waals surface area contributed by atoms with Crippen LogP contribution in [0, 0.1) is 11.6 Å². The van der Waals surface area contributed by atoms with Gasteiger partial charge < -0.3 is 14.0 Å². The van der Waals surface area contributed by atoms with Gasteiger partial charge in [0.05, 0.1) is 45.2 Å². The Hall–Kier alpha value is -2.88. The number of benzene rings is 1. The molecule has 2 heterocycles. The summed E-state index contributed by atoms with van der Waals surface area (Å²) in [6.07, 6.45) is 3.33. The van der Waals surface area contributed by atoms with Crippen molar-refractivity contribution in [2.75, 3.05) is 27.4 Å². The number of halogens is 2. The van der Waals surface area contributed by atoms with Crippen molar-refractivity contribution in [3.8, 4) is 0 Å². The van der Waals surface area contributed by atoms with Crippen LogP contribution in [0.5, 0.6) is 0 Å². The van der Waals surface area contributed by atoms with Crippen molar-refractivity contribution in [3.63, 3.8) is 0 Å². The normalized spacial score (nSPS) is 11.2. The van der Waals surface area contributed by atoms with E-state index < -0.39 is 17.5 Å². The van der Waals surface area contributed by atoms with Crippen LogP contribution in [0.4, 0.5) is 8.78 Å². The van der Waals surface area contributed by atoms with E-state index in [0.717, 1.165) is 17.0 Å². The molecule has 0 unspecified atom stereocenters. The van der Waals surface area contributed by atoms with E-state index in [1.807, 2.05) is 0 Å². The number of nitrogens with one attached hydrogen (secondary N) is 1. The molecule has 0 spiro atoms. The zero-order valence-corrected chi connectivity index (χ0v) is 16.1. The monoisotopic (exact) mass is 405 g/mol. The lowest BCUT2D eigenvalue weighted by Crippen LogP contribution is -2.22. The summed E-state index contributed by atoms with van der Waals surface area (Å²) in [6.45, 7) is 1.29. The predicted molar refractivity (Wildman–Crippen MR) is 101 cm³/mol. The summed E-state index contributed by atoms with van der Waals surface area (Å²) in [5.41, 5.74) is 4.21. The number of carbonyl (C=O) groups is 1. The third-order valence-corrected chi connectivity index (χ3v) is 4.32. The van der Waals surface area contributed by atoms with E-state index in [4.69, 9.17) is 9.47 Å². The number of fused-ring (bicyclic) bond motifs is 1. The number of ether oxygens (including phenoxy) is 2. The summed E-state index contributed by atoms with van der Waals surface area (Å²) in [5.74, 6) is -1.75. The molecular weight excluding hydrogens is 384 g/mol. The Morgan fingerprint density at radius 2 is 2.00 bits per heavy atom. The largest absolute Gasteiger partial charge is 0.382 e. The number of amides is 1. The molecule has 0 saturated carbocycles. The lowest BCUT2D eigenvalue weighted by atomic mass is 10.2. The second-order valence-corrected chi connectivity index (χ2v) is 6.29. The average molecular weight is 405 g/mol. The highest BCUT2D eigenvalue weighted by Gasteiger charge is 2.15. The molecule has 1 amide bonds. The quantitative estimate of drug-likeness (QED) is 0.438. The molecule has 0 aliphatic heterocycles. The first-order valence-corrected chi connectivity index (χ1v) is 8.85. The summed E-state index contributed by atoms with van der Waals surface area (Å²) in [6, 6.07) is 5.08. The van der Waals surface area contributed by atoms with Crippen molar-refractivity contribution in [3.05, 3.63) is 65.1 Å². The van der Waals surface area contributed by atoms with Crippen LogP contribution in [-0.4, -0.2) is 42.9 Å². The van der Waals surface area contributed by atoms with E-state index in [0.29, 0.717) is 24.3 Å². The van der Waals surface area contributed by atoms with E-state index in [2.05, 4.69) is 15.3 Å². The zero-order valence-electron chi connectivity index (χ0n) is 16.1. The Balaban J connectivity index is 1.96. The van der Waals surface area contributed by atoms with Gasteiger partial charge in [-0.2, -0.15) is 0 Å². The maximum Gasteiger partial charge on any atom is 0.293 e. The number of pyridine rings is 1. The van der Waals surface area contributed by atoms with Gasteiger partial charge in [0.2, 0.25) is 0 Å². The minimum absolute atomic E-state index is 0.170. The fraction of sp³-hybridized carbons (Fsp3) is 0.300. The molecule has 0 aliphatic rings. The molecule has 0 saturated heterocycles. The molecule has 0 bridgehead atoms. The Bertz CT molecular complexity index is 1010. The SMILES string of the molecule is COCCOCc1cn(Cc2ccc(F)cc2F)c2cnc(C(=O)NOC)cc12. The summed E-state index contributed by atoms with van der Waals surface area (Å²) in [7, 11) is 2.91. The first-order chi connectivity index (χ1) is 14.0. The van der Waals surface area contributed by atoms with E-state index >= 15 is 0 Å². The summed E-state index contributed by atoms with van der Waals surface area (Å²) in [5, 5.41) is 0.737. The standard InChI is InChI=1S/C20H21F2N3O4/c1-27-5-6-29-12-14-11-25(10-13-3-4-15(21)7-17(13)22)19-9-23-18(8-16(14)19)20(26)24-28-2/h3-4,7-9,11H,5-6,10,12H2,1-2H3,(H,24,26). The van der Waals surface area contributed by atoms with Crippen molar-refractivity contribution in [2.24, 2.45) is 0 Å². The Kier molecular flexibility index (Phi) is 6.86. The molecular formula is C20H21F2N3O4. The number of carbonyl (C=O) groups excluding carboxylic acids is 1. The van der Waals surface area contributed by atoms with Crippen LogP contribution in [0.3, 0.4) is 0 Å². The van der Waals surface area contributed by atoms with E-state index in [1.165, 1.54) is 25.4 Å². The molecule has 154 valence electrons. The van der Waals surface area contributed by atoms with Gasteiger partial charge in [0.1, 0.15) is 17.3 Å². The maximum atomic E-state index is 14.1. The van der Waals surface area contributed by atoms with Crippen LogP contribution in [0.2, 0.25) is 0 Å². The van der Waals surface area contributed by atoms with Crippen molar-refractivity contribution < 1.29 is 27.9 Å². The van der Waals surface area contributed by atoms with Gasteiger partial charge in [-0.1, -0.05) is 6.07 Å². The summed E-state index contributed by atoms with van der Waals surface area (Å²) >= 11 is 0. The minimum atomic E-state index is -0.633. The first-order valence-electron chi connectivity index (χ1n) is 8.85. The summed E-state index contributed by atoms with van der Waals surface area (Å²) in [4.78, 5) is 20.8. The number of hydroxylamine groups is 1. The second kappa shape index (κ2) is 9.55. The molecule has 3 rings (SSSR count). The highest BCUT2D eigenvalue weighted by Crippen LogP contribution is 2.24. The molecule has 2 aromatic heterocycles. The van der Waals surface area contributed by atoms with Gasteiger partial charge in [0.15, 0.2) is 0 Å². The molecule has 1 N–H and O–H groups in total. The number of rotatable bonds is 9. The van der Waals surface area contributed by atoms with E-state index in [-0.39, 0.29) is 18.8 Å². The fourth-order valence-electron chi connectivity index (χ4n) is 2.93. The minimum Gasteiger partial charge on any atom is -0.382 e. The first kappa shape index (κ1) is 20.8. The molecule has 1 aromatic carbocycles. The highest BCUT2D eigenvalue weighted by atomic mass is 19.1. The number of aromatic nitrogens is 2. The number of hydrogen-bond acceptors (Lipinski definition) is 5. The molecule has 0 fully saturated rings. The smallest absolute Gasteiger partial charge is 0.293 e. The third-order valence-electron chi connectivity index (χ3n) is 4.32. The van der Waals surface area contributed by atoms with Crippen LogP contribution in [0.1, 0.15) is 21.6 Å². The number of methoxy groups -OCH3 is 1. The van der Waals surface area contributed by atoms with Crippen molar-refractivity contribution in [1.82, 2.24) is 15.0 Å². The number of nitrogens with zero attached hydrogens (tertiary/aromatic N) is 2. The molecule has 0 atom stereocenters. The molecule has 9 heteroatoms. The van der Waals surface area contributed by atoms with Gasteiger partial charge in [-0.15, -0.1) is 0 Å². The highest BCUT2D eigenvalue weighted by molar-refractivity contribution is 5.96. The van der Waals surface area contributed by atoms with Crippen LogP contribution in [0.15, 0.2) is 36.7 Å². The van der Waals surface area contributed by atoms with Gasteiger partial charge in [0.25, 0.3) is 5.91 Å². The molecule has 0 radical (unpaired) electrons. The van der Waals surface area contributed by atoms with Gasteiger partial charge >= 0.3 is 0 Å². The molecule has 29 heavy (non-hydrogen) atoms. The van der Waals surface area contributed by atoms with Crippen molar-refractivity contribution >= 4 is 16.8 Å². The topological polar surface area (TPSA) is 74.6 Å². The molecule has 0 aliphatic carbocycles. The van der Waals surface area contributed by atoms with Gasteiger partial charge in [-0.05, 0) is 12.1 Å². The maximum absolute atomic E-state index is 14.1. The average Bonchev–Trinajstić information content (AvgIpc) is 3.04. The van der Waals surface area contributed by atoms with E-state index in [1.54, 1.807) is 23.9 Å². The van der Waals surface area contributed by atoms with Gasteiger partial charge in [-0.3, -0.25) is 9.63 Å².